The number of anilines is 5. The minimum absolute atomic E-state index is 0.0456. The van der Waals surface area contributed by atoms with Crippen molar-refractivity contribution in [3.63, 3.8) is 0 Å². The van der Waals surface area contributed by atoms with Gasteiger partial charge in [-0.3, -0.25) is 0 Å². The van der Waals surface area contributed by atoms with E-state index in [0.29, 0.717) is 5.56 Å². The van der Waals surface area contributed by atoms with E-state index in [1.165, 1.54) is 80.3 Å². The fourth-order valence-corrected chi connectivity index (χ4v) is 27.8. The highest BCUT2D eigenvalue weighted by Crippen LogP contribution is 2.73. The highest BCUT2D eigenvalue weighted by atomic mass is 32.3. The third kappa shape index (κ3) is 13.8. The number of allylic oxidation sites excluding steroid dienone is 13. The fraction of sp³-hybridized carbons (Fsp3) is 0.145. The molecule has 6 nitrogen and oxygen atoms in total. The van der Waals surface area contributed by atoms with Gasteiger partial charge in [0.05, 0.1) is 57.8 Å². The number of hydrogen-bond acceptors (Lipinski definition) is 6. The van der Waals surface area contributed by atoms with Gasteiger partial charge in [-0.1, -0.05) is 317 Å². The van der Waals surface area contributed by atoms with Crippen molar-refractivity contribution in [3.05, 3.63) is 418 Å². The van der Waals surface area contributed by atoms with Crippen LogP contribution in [0.5, 0.6) is 0 Å². The van der Waals surface area contributed by atoms with Crippen LogP contribution in [0.3, 0.4) is 0 Å². The molecule has 0 saturated carbocycles. The van der Waals surface area contributed by atoms with E-state index in [1.54, 1.807) is 0 Å². The molecule has 2 heterocycles. The zero-order chi connectivity index (χ0) is 86.3. The van der Waals surface area contributed by atoms with Crippen molar-refractivity contribution in [3.8, 4) is 23.3 Å². The first-order valence-electron chi connectivity index (χ1n) is 43.7. The van der Waals surface area contributed by atoms with E-state index in [2.05, 4.69) is 433 Å². The molecule has 2 aliphatic carbocycles. The molecule has 8 heteroatoms. The number of benzene rings is 15. The molecular formula is C117H100N4O2SSi. The Morgan fingerprint density at radius 3 is 1.44 bits per heavy atom. The zero-order valence-electron chi connectivity index (χ0n) is 73.1. The molecule has 0 radical (unpaired) electrons. The van der Waals surface area contributed by atoms with E-state index < -0.39 is 24.0 Å². The van der Waals surface area contributed by atoms with Crippen LogP contribution < -0.4 is 25.4 Å². The SMILES string of the molecule is C=C(/C=C\C(C)=C/C)S(c1ccc(C)cc1)(c1ccc(C)cc1)c1ccc(C2=CC(C#N)C(C)C=C2N(c2cc(C(C)C)c3ccc4c(N(c5ccc(C#N)cc5-c5ccc([Si](C6=CC=C(C)CC=C6)(c6ccc(C)cc6)c6ccc(C)cc6)cc5)c5cccc6c5oc5ccccc56)cc(C(C)C)c5ccc2c3c54)c2cccc3c2oc2ccccc23)cc1. The van der Waals surface area contributed by atoms with Gasteiger partial charge in [-0.15, -0.1) is 10.0 Å². The highest BCUT2D eigenvalue weighted by Gasteiger charge is 2.43. The van der Waals surface area contributed by atoms with Crippen LogP contribution in [0, 0.1) is 62.2 Å². The number of furan rings is 2. The Balaban J connectivity index is 0.862. The lowest BCUT2D eigenvalue weighted by Gasteiger charge is -2.42. The van der Waals surface area contributed by atoms with Crippen LogP contribution in [0.25, 0.3) is 92.9 Å². The minimum atomic E-state index is -3.05. The number of rotatable bonds is 20. The molecule has 19 rings (SSSR count). The number of nitriles is 2. The number of nitrogens with zero attached hydrogens (tertiary/aromatic N) is 4. The molecule has 125 heavy (non-hydrogen) atoms. The topological polar surface area (TPSA) is 80.3 Å². The van der Waals surface area contributed by atoms with Crippen LogP contribution in [0.2, 0.25) is 0 Å². The van der Waals surface area contributed by atoms with Crippen LogP contribution in [-0.4, -0.2) is 8.07 Å². The van der Waals surface area contributed by atoms with Crippen LogP contribution in [0.1, 0.15) is 118 Å². The predicted molar refractivity (Wildman–Crippen MR) is 532 cm³/mol. The van der Waals surface area contributed by atoms with Crippen LogP contribution in [0.15, 0.2) is 397 Å². The zero-order valence-corrected chi connectivity index (χ0v) is 74.9. The van der Waals surface area contributed by atoms with Crippen LogP contribution in [0.4, 0.5) is 28.4 Å². The largest absolute Gasteiger partial charge is 0.454 e. The Bertz CT molecular complexity index is 7400. The van der Waals surface area contributed by atoms with Crippen molar-refractivity contribution < 1.29 is 8.83 Å². The number of para-hydroxylation sites is 4. The molecular weight excluding hydrogens is 1550 g/mol. The second-order valence-electron chi connectivity index (χ2n) is 34.9. The lowest BCUT2D eigenvalue weighted by Crippen LogP contribution is -2.68. The van der Waals surface area contributed by atoms with Crippen molar-refractivity contribution in [2.24, 2.45) is 11.8 Å². The lowest BCUT2D eigenvalue weighted by molar-refractivity contribution is 0.612. The van der Waals surface area contributed by atoms with Crippen molar-refractivity contribution >= 4 is 144 Å². The first kappa shape index (κ1) is 80.7. The number of aryl methyl sites for hydroxylation is 4. The van der Waals surface area contributed by atoms with Gasteiger partial charge in [0.15, 0.2) is 19.2 Å². The molecule has 17 aromatic rings. The smallest absolute Gasteiger partial charge is 0.179 e. The maximum Gasteiger partial charge on any atom is 0.179 e. The molecule has 2 aliphatic rings. The predicted octanol–water partition coefficient (Wildman–Crippen LogP) is 30.9. The molecule has 0 amide bonds. The average molecular weight is 1650 g/mol. The summed E-state index contributed by atoms with van der Waals surface area (Å²) in [5.74, 6) is -0.556. The number of fused-ring (bicyclic) bond motifs is 6. The Labute approximate surface area is 736 Å². The summed E-state index contributed by atoms with van der Waals surface area (Å²) < 4.78 is 14.5. The van der Waals surface area contributed by atoms with Crippen molar-refractivity contribution in [1.29, 1.82) is 10.5 Å². The van der Waals surface area contributed by atoms with Gasteiger partial charge >= 0.3 is 0 Å². The van der Waals surface area contributed by atoms with E-state index >= 15 is 0 Å². The van der Waals surface area contributed by atoms with Gasteiger partial charge in [0.1, 0.15) is 11.2 Å². The van der Waals surface area contributed by atoms with E-state index in [1.807, 2.05) is 12.1 Å². The minimum Gasteiger partial charge on any atom is -0.454 e. The third-order valence-electron chi connectivity index (χ3n) is 26.2. The summed E-state index contributed by atoms with van der Waals surface area (Å²) in [5, 5.41) is 38.6. The van der Waals surface area contributed by atoms with Crippen LogP contribution >= 0.6 is 10.0 Å². The van der Waals surface area contributed by atoms with Gasteiger partial charge in [0, 0.05) is 58.1 Å². The molecule has 0 spiro atoms. The van der Waals surface area contributed by atoms with Gasteiger partial charge < -0.3 is 18.6 Å². The monoisotopic (exact) mass is 1650 g/mol. The molecule has 0 bridgehead atoms. The van der Waals surface area contributed by atoms with E-state index in [9.17, 15) is 10.5 Å². The first-order chi connectivity index (χ1) is 60.8. The quantitative estimate of drug-likeness (QED) is 0.0327. The highest BCUT2D eigenvalue weighted by molar-refractivity contribution is 8.37. The number of hydrogen-bond donors (Lipinski definition) is 0. The Morgan fingerprint density at radius 2 is 0.936 bits per heavy atom. The van der Waals surface area contributed by atoms with E-state index in [0.717, 1.165) is 144 Å². The lowest BCUT2D eigenvalue weighted by atomic mass is 9.82. The van der Waals surface area contributed by atoms with Crippen molar-refractivity contribution in [2.75, 3.05) is 9.80 Å². The van der Waals surface area contributed by atoms with Gasteiger partial charge in [-0.25, -0.2) is 0 Å². The molecule has 2 unspecified atom stereocenters. The average Bonchev–Trinajstić information content (AvgIpc) is 1.66. The molecule has 0 saturated heterocycles. The summed E-state index contributed by atoms with van der Waals surface area (Å²) >= 11 is 0. The second kappa shape index (κ2) is 32.7. The maximum atomic E-state index is 11.4. The van der Waals surface area contributed by atoms with Gasteiger partial charge in [0.25, 0.3) is 0 Å². The molecule has 0 N–H and O–H groups in total. The van der Waals surface area contributed by atoms with Crippen molar-refractivity contribution in [2.45, 2.75) is 116 Å². The summed E-state index contributed by atoms with van der Waals surface area (Å²) in [6, 6.07) is 111. The Hall–Kier alpha value is -14.0. The molecule has 0 aliphatic heterocycles. The fourth-order valence-electron chi connectivity index (χ4n) is 19.5. The molecule has 610 valence electrons. The van der Waals surface area contributed by atoms with E-state index in [4.69, 9.17) is 15.4 Å². The Kier molecular flexibility index (Phi) is 21.1. The summed E-state index contributed by atoms with van der Waals surface area (Å²) in [7, 11) is -5.24. The Morgan fingerprint density at radius 1 is 0.472 bits per heavy atom. The molecule has 0 fully saturated rings. The molecule has 2 aromatic heterocycles. The maximum absolute atomic E-state index is 11.4. The van der Waals surface area contributed by atoms with E-state index in [-0.39, 0.29) is 17.8 Å². The van der Waals surface area contributed by atoms with Gasteiger partial charge in [-0.2, -0.15) is 10.5 Å². The van der Waals surface area contributed by atoms with Crippen LogP contribution in [-0.2, 0) is 0 Å². The summed E-state index contributed by atoms with van der Waals surface area (Å²) in [6.07, 6.45) is 21.5. The summed E-state index contributed by atoms with van der Waals surface area (Å²) in [5.41, 5.74) is 22.6. The molecule has 15 aromatic carbocycles. The van der Waals surface area contributed by atoms with Gasteiger partial charge in [0.2, 0.25) is 0 Å². The normalized spacial score (nSPS) is 14.8. The first-order valence-corrected chi connectivity index (χ1v) is 47.3. The van der Waals surface area contributed by atoms with Gasteiger partial charge in [-0.05, 0) is 239 Å². The standard InChI is InChI=1S/C117H100N4O2SSi/c1-14-75(6)32-42-82(13)124(87-48-33-77(8)34-49-87,88-50-35-78(9)36-51-88)89-52-44-84(45-53-89)105-68-86(72-119)81(12)66-109(105)121(108-29-21-27-99-95-25-16-18-31-113(95)123-117(99)108)111-70-103(74(4)5)97-61-63-100-110(69-102(73(2)3)96-62-64-101(111)115(97)114(96)100)120(107-28-20-26-98-94-24-15-17-30-112(94)122-116(98)107)106-65-43-83(71-118)67-104(106)85-46-59-93(60-47-85)125(91-55-38-79(10)39-56-91,92-57-40-80(11)41-58-92)90-23-19-22-76(7)37-54-90/h14-21,23-70,73-74,81,86H,13,22H2,1-12H3/b42-32-,75-14-. The van der Waals surface area contributed by atoms with Crippen molar-refractivity contribution in [1.82, 2.24) is 0 Å². The summed E-state index contributed by atoms with van der Waals surface area (Å²) in [6.45, 7) is 31.6. The summed E-state index contributed by atoms with van der Waals surface area (Å²) in [4.78, 5) is 9.49. The third-order valence-corrected chi connectivity index (χ3v) is 34.9. The second-order valence-corrected chi connectivity index (χ2v) is 41.9. The molecule has 2 atom stereocenters.